The van der Waals surface area contributed by atoms with Gasteiger partial charge in [-0.25, -0.2) is 0 Å². The first-order valence-electron chi connectivity index (χ1n) is 16.3. The predicted octanol–water partition coefficient (Wildman–Crippen LogP) is 8.79. The summed E-state index contributed by atoms with van der Waals surface area (Å²) >= 11 is 0. The Morgan fingerprint density at radius 2 is 0.919 bits per heavy atom. The molecule has 1 atom stereocenters. The Hall–Kier alpha value is -0.650. The van der Waals surface area contributed by atoms with E-state index in [0.717, 1.165) is 19.3 Å². The molecule has 0 heterocycles. The molecule has 224 valence electrons. The number of unbranched alkanes of at least 4 members (excludes halogenated alkanes) is 21. The lowest BCUT2D eigenvalue weighted by Crippen LogP contribution is -2.34. The maximum absolute atomic E-state index is 10.2. The van der Waals surface area contributed by atoms with Crippen LogP contribution in [0.25, 0.3) is 0 Å². The topological polar surface area (TPSA) is 89.8 Å². The Morgan fingerprint density at radius 1 is 0.568 bits per heavy atom. The molecule has 5 nitrogen and oxygen atoms in total. The molecule has 37 heavy (non-hydrogen) atoms. The minimum absolute atomic E-state index is 0.148. The van der Waals surface area contributed by atoms with Gasteiger partial charge in [0.15, 0.2) is 0 Å². The third-order valence-electron chi connectivity index (χ3n) is 7.17. The lowest BCUT2D eigenvalue weighted by Gasteiger charge is -2.15. The van der Waals surface area contributed by atoms with Gasteiger partial charge in [-0.15, -0.1) is 0 Å². The molecular formula is C32H67NO4. The maximum Gasteiger partial charge on any atom is 0.303 e. The van der Waals surface area contributed by atoms with Crippen LogP contribution in [0.4, 0.5) is 0 Å². The van der Waals surface area contributed by atoms with Crippen LogP contribution in [0.1, 0.15) is 174 Å². The summed E-state index contributed by atoms with van der Waals surface area (Å²) < 4.78 is 0. The highest BCUT2D eigenvalue weighted by Crippen LogP contribution is 2.14. The van der Waals surface area contributed by atoms with E-state index in [2.05, 4.69) is 19.2 Å². The van der Waals surface area contributed by atoms with Crippen molar-refractivity contribution in [3.8, 4) is 0 Å². The molecule has 0 radical (unpaired) electrons. The van der Waals surface area contributed by atoms with Gasteiger partial charge in [0.2, 0.25) is 0 Å². The van der Waals surface area contributed by atoms with Gasteiger partial charge in [0.05, 0.1) is 13.2 Å². The van der Waals surface area contributed by atoms with Crippen molar-refractivity contribution in [2.45, 2.75) is 180 Å². The van der Waals surface area contributed by atoms with Gasteiger partial charge in [0.1, 0.15) is 0 Å². The van der Waals surface area contributed by atoms with Crippen molar-refractivity contribution in [2.24, 2.45) is 0 Å². The molecule has 0 aliphatic rings. The molecular weight excluding hydrogens is 462 g/mol. The van der Waals surface area contributed by atoms with Crippen LogP contribution in [0.3, 0.4) is 0 Å². The second-order valence-electron chi connectivity index (χ2n) is 10.9. The largest absolute Gasteiger partial charge is 0.481 e. The van der Waals surface area contributed by atoms with E-state index in [-0.39, 0.29) is 19.3 Å². The molecule has 0 amide bonds. The number of carbonyl (C=O) groups is 1. The minimum Gasteiger partial charge on any atom is -0.481 e. The first-order chi connectivity index (χ1) is 18.1. The number of nitrogens with one attached hydrogen (secondary N) is 1. The number of aliphatic carboxylic acids is 1. The average Bonchev–Trinajstić information content (AvgIpc) is 2.90. The number of rotatable bonds is 29. The van der Waals surface area contributed by atoms with Crippen molar-refractivity contribution in [3.05, 3.63) is 0 Å². The molecule has 0 aromatic heterocycles. The molecule has 0 aromatic carbocycles. The fourth-order valence-electron chi connectivity index (χ4n) is 4.70. The molecule has 0 spiro atoms. The van der Waals surface area contributed by atoms with Gasteiger partial charge >= 0.3 is 5.97 Å². The van der Waals surface area contributed by atoms with Gasteiger partial charge in [-0.2, -0.15) is 0 Å². The van der Waals surface area contributed by atoms with Crippen LogP contribution in [-0.2, 0) is 4.79 Å². The highest BCUT2D eigenvalue weighted by Gasteiger charge is 2.05. The Bertz CT molecular complexity index is 420. The molecule has 0 fully saturated rings. The number of aliphatic hydroxyl groups is 2. The quantitative estimate of drug-likeness (QED) is 0.0727. The SMILES string of the molecule is CCCCCCCCCCCC(=O)O.CCCCCCCCCCCCCCCCC(CO)NCCO. The highest BCUT2D eigenvalue weighted by molar-refractivity contribution is 5.66. The average molecular weight is 530 g/mol. The Kier molecular flexibility index (Phi) is 36.8. The van der Waals surface area contributed by atoms with Crippen LogP contribution >= 0.6 is 0 Å². The lowest BCUT2D eigenvalue weighted by atomic mass is 10.0. The molecule has 0 aromatic rings. The number of carboxylic acids is 1. The predicted molar refractivity (Wildman–Crippen MR) is 160 cm³/mol. The van der Waals surface area contributed by atoms with Gasteiger partial charge in [0.25, 0.3) is 0 Å². The first-order valence-corrected chi connectivity index (χ1v) is 16.3. The van der Waals surface area contributed by atoms with E-state index in [1.165, 1.54) is 135 Å². The van der Waals surface area contributed by atoms with Crippen molar-refractivity contribution in [3.63, 3.8) is 0 Å². The fraction of sp³-hybridized carbons (Fsp3) is 0.969. The van der Waals surface area contributed by atoms with E-state index in [4.69, 9.17) is 10.2 Å². The van der Waals surface area contributed by atoms with Crippen molar-refractivity contribution < 1.29 is 20.1 Å². The zero-order valence-electron chi connectivity index (χ0n) is 25.1. The van der Waals surface area contributed by atoms with Crippen molar-refractivity contribution >= 4 is 5.97 Å². The van der Waals surface area contributed by atoms with Crippen molar-refractivity contribution in [1.29, 1.82) is 0 Å². The molecule has 0 aliphatic carbocycles. The van der Waals surface area contributed by atoms with Crippen LogP contribution in [0, 0.1) is 0 Å². The van der Waals surface area contributed by atoms with Gasteiger partial charge in [-0.3, -0.25) is 4.79 Å². The van der Waals surface area contributed by atoms with Gasteiger partial charge in [-0.1, -0.05) is 155 Å². The zero-order valence-corrected chi connectivity index (χ0v) is 25.1. The summed E-state index contributed by atoms with van der Waals surface area (Å²) in [4.78, 5) is 10.2. The normalized spacial score (nSPS) is 11.8. The summed E-state index contributed by atoms with van der Waals surface area (Å²) in [5.41, 5.74) is 0. The number of hydrogen-bond donors (Lipinski definition) is 4. The van der Waals surface area contributed by atoms with Crippen LogP contribution in [-0.4, -0.2) is 47.1 Å². The second kappa shape index (κ2) is 35.4. The van der Waals surface area contributed by atoms with Crippen LogP contribution < -0.4 is 5.32 Å². The molecule has 5 heteroatoms. The molecule has 0 saturated carbocycles. The molecule has 1 unspecified atom stereocenters. The van der Waals surface area contributed by atoms with E-state index >= 15 is 0 Å². The van der Waals surface area contributed by atoms with Crippen LogP contribution in [0.2, 0.25) is 0 Å². The summed E-state index contributed by atoms with van der Waals surface area (Å²) in [7, 11) is 0. The summed E-state index contributed by atoms with van der Waals surface area (Å²) in [5, 5.41) is 29.6. The van der Waals surface area contributed by atoms with E-state index in [1.54, 1.807) is 0 Å². The number of carboxylic acid groups (broad SMARTS) is 1. The van der Waals surface area contributed by atoms with E-state index in [1.807, 2.05) is 0 Å². The summed E-state index contributed by atoms with van der Waals surface area (Å²) in [5.74, 6) is -0.659. The second-order valence-corrected chi connectivity index (χ2v) is 10.9. The standard InChI is InChI=1S/C20H43NO2.C12H24O2/c1-2-3-4-5-6-7-8-9-10-11-12-13-14-15-16-20(19-23)21-17-18-22;1-2-3-4-5-6-7-8-9-10-11-12(13)14/h20-23H,2-19H2,1H3;2-11H2,1H3,(H,13,14). The number of aliphatic hydroxyl groups excluding tert-OH is 2. The Labute approximate surface area is 231 Å². The van der Waals surface area contributed by atoms with E-state index in [9.17, 15) is 9.90 Å². The molecule has 0 saturated heterocycles. The third-order valence-corrected chi connectivity index (χ3v) is 7.17. The minimum atomic E-state index is -0.659. The monoisotopic (exact) mass is 530 g/mol. The van der Waals surface area contributed by atoms with Crippen molar-refractivity contribution in [1.82, 2.24) is 5.32 Å². The third kappa shape index (κ3) is 37.6. The molecule has 0 aliphatic heterocycles. The first kappa shape index (κ1) is 38.5. The van der Waals surface area contributed by atoms with Gasteiger partial charge in [0, 0.05) is 19.0 Å². The van der Waals surface area contributed by atoms with Crippen LogP contribution in [0.15, 0.2) is 0 Å². The zero-order chi connectivity index (χ0) is 27.7. The smallest absolute Gasteiger partial charge is 0.303 e. The summed E-state index contributed by atoms with van der Waals surface area (Å²) in [6.45, 7) is 5.42. The van der Waals surface area contributed by atoms with Gasteiger partial charge < -0.3 is 20.6 Å². The number of hydrogen-bond acceptors (Lipinski definition) is 4. The molecule has 4 N–H and O–H groups in total. The highest BCUT2D eigenvalue weighted by atomic mass is 16.4. The molecule has 0 bridgehead atoms. The van der Waals surface area contributed by atoms with E-state index in [0.29, 0.717) is 13.0 Å². The van der Waals surface area contributed by atoms with Crippen molar-refractivity contribution in [2.75, 3.05) is 19.8 Å². The van der Waals surface area contributed by atoms with Gasteiger partial charge in [-0.05, 0) is 12.8 Å². The maximum atomic E-state index is 10.2. The van der Waals surface area contributed by atoms with E-state index < -0.39 is 5.97 Å². The Balaban J connectivity index is 0. The van der Waals surface area contributed by atoms with Crippen LogP contribution in [0.5, 0.6) is 0 Å². The summed E-state index contributed by atoms with van der Waals surface area (Å²) in [6.07, 6.45) is 31.8. The lowest BCUT2D eigenvalue weighted by molar-refractivity contribution is -0.137. The fourth-order valence-corrected chi connectivity index (χ4v) is 4.70. The summed E-state index contributed by atoms with van der Waals surface area (Å²) in [6, 6.07) is 0.166. The Morgan fingerprint density at radius 3 is 1.24 bits per heavy atom. The molecule has 0 rings (SSSR count).